The minimum absolute atomic E-state index is 0.0662. The number of nitrogens with one attached hydrogen (secondary N) is 1. The van der Waals surface area contributed by atoms with E-state index in [0.29, 0.717) is 36.8 Å². The molecular formula is C19H16N2O5S. The van der Waals surface area contributed by atoms with Crippen molar-refractivity contribution in [3.8, 4) is 0 Å². The molecule has 1 N–H and O–H groups in total. The molecule has 7 nitrogen and oxygen atoms in total. The number of thioether (sulfide) groups is 1. The first-order valence-electron chi connectivity index (χ1n) is 8.41. The summed E-state index contributed by atoms with van der Waals surface area (Å²) in [4.78, 5) is 37.3. The van der Waals surface area contributed by atoms with E-state index in [-0.39, 0.29) is 11.1 Å². The summed E-state index contributed by atoms with van der Waals surface area (Å²) in [7, 11) is 0. The number of imide groups is 1. The van der Waals surface area contributed by atoms with Crippen LogP contribution in [0, 0.1) is 0 Å². The molecule has 138 valence electrons. The highest BCUT2D eigenvalue weighted by Gasteiger charge is 2.25. The summed E-state index contributed by atoms with van der Waals surface area (Å²) >= 11 is 0.874. The zero-order chi connectivity index (χ0) is 18.8. The summed E-state index contributed by atoms with van der Waals surface area (Å²) in [6.45, 7) is 2.29. The lowest BCUT2D eigenvalue weighted by Gasteiger charge is -2.25. The molecule has 4 rings (SSSR count). The number of fused-ring (bicyclic) bond motifs is 1. The number of nitrogens with zero attached hydrogens (tertiary/aromatic N) is 1. The van der Waals surface area contributed by atoms with Crippen LogP contribution in [0.25, 0.3) is 23.1 Å². The third-order valence-corrected chi connectivity index (χ3v) is 5.11. The van der Waals surface area contributed by atoms with Gasteiger partial charge in [-0.15, -0.1) is 0 Å². The Morgan fingerprint density at radius 3 is 2.78 bits per heavy atom. The van der Waals surface area contributed by atoms with Crippen molar-refractivity contribution in [3.63, 3.8) is 0 Å². The van der Waals surface area contributed by atoms with Crippen LogP contribution < -0.4 is 5.32 Å². The van der Waals surface area contributed by atoms with Gasteiger partial charge in [-0.3, -0.25) is 19.7 Å². The van der Waals surface area contributed by atoms with Crippen LogP contribution in [0.2, 0.25) is 0 Å². The monoisotopic (exact) mass is 384 g/mol. The smallest absolute Gasteiger partial charge is 0.290 e. The van der Waals surface area contributed by atoms with Gasteiger partial charge >= 0.3 is 0 Å². The van der Waals surface area contributed by atoms with Crippen molar-refractivity contribution in [1.29, 1.82) is 0 Å². The third-order valence-electron chi connectivity index (χ3n) is 4.30. The maximum Gasteiger partial charge on any atom is 0.290 e. The van der Waals surface area contributed by atoms with Gasteiger partial charge in [0.15, 0.2) is 0 Å². The molecule has 2 aromatic rings. The number of carbonyl (C=O) groups excluding carboxylic acids is 3. The van der Waals surface area contributed by atoms with E-state index in [2.05, 4.69) is 5.32 Å². The SMILES string of the molecule is O=C1NC(=O)/C(=C/c2ccc3occ(/C=C/C(=O)N4CCOCC4)c3c2)S1. The number of rotatable bonds is 3. The molecule has 1 aromatic carbocycles. The largest absolute Gasteiger partial charge is 0.464 e. The lowest BCUT2D eigenvalue weighted by Crippen LogP contribution is -2.39. The number of benzene rings is 1. The van der Waals surface area contributed by atoms with Crippen molar-refractivity contribution in [2.45, 2.75) is 0 Å². The first kappa shape index (κ1) is 17.6. The minimum Gasteiger partial charge on any atom is -0.464 e. The number of morpholine rings is 1. The molecule has 8 heteroatoms. The Morgan fingerprint density at radius 1 is 1.22 bits per heavy atom. The van der Waals surface area contributed by atoms with Crippen molar-refractivity contribution >= 4 is 51.9 Å². The highest BCUT2D eigenvalue weighted by Crippen LogP contribution is 2.28. The summed E-state index contributed by atoms with van der Waals surface area (Å²) in [5.41, 5.74) is 2.21. The fourth-order valence-corrected chi connectivity index (χ4v) is 3.59. The zero-order valence-electron chi connectivity index (χ0n) is 14.3. The number of amides is 3. The molecule has 3 heterocycles. The second kappa shape index (κ2) is 7.42. The Morgan fingerprint density at radius 2 is 2.04 bits per heavy atom. The van der Waals surface area contributed by atoms with Crippen LogP contribution in [0.4, 0.5) is 4.79 Å². The van der Waals surface area contributed by atoms with Gasteiger partial charge in [0, 0.05) is 30.1 Å². The molecule has 0 atom stereocenters. The fourth-order valence-electron chi connectivity index (χ4n) is 2.91. The van der Waals surface area contributed by atoms with Crippen molar-refractivity contribution in [2.75, 3.05) is 26.3 Å². The molecule has 3 amide bonds. The van der Waals surface area contributed by atoms with Gasteiger partial charge in [0.05, 0.1) is 24.4 Å². The summed E-state index contributed by atoms with van der Waals surface area (Å²) < 4.78 is 10.8. The Kier molecular flexibility index (Phi) is 4.83. The van der Waals surface area contributed by atoms with E-state index < -0.39 is 5.91 Å². The van der Waals surface area contributed by atoms with Crippen LogP contribution in [0.1, 0.15) is 11.1 Å². The Hall–Kier alpha value is -2.84. The number of furan rings is 1. The second-order valence-electron chi connectivity index (χ2n) is 6.07. The summed E-state index contributed by atoms with van der Waals surface area (Å²) in [5, 5.41) is 2.68. The lowest BCUT2D eigenvalue weighted by atomic mass is 10.1. The first-order chi connectivity index (χ1) is 13.1. The van der Waals surface area contributed by atoms with Gasteiger partial charge in [-0.2, -0.15) is 0 Å². The average Bonchev–Trinajstić information content (AvgIpc) is 3.22. The van der Waals surface area contributed by atoms with E-state index in [1.54, 1.807) is 29.4 Å². The van der Waals surface area contributed by atoms with E-state index in [0.717, 1.165) is 28.3 Å². The molecule has 0 radical (unpaired) electrons. The molecule has 2 aliphatic heterocycles. The molecule has 0 saturated carbocycles. The average molecular weight is 384 g/mol. The van der Waals surface area contributed by atoms with E-state index in [1.165, 1.54) is 6.08 Å². The minimum atomic E-state index is -0.395. The van der Waals surface area contributed by atoms with Gasteiger partial charge < -0.3 is 14.1 Å². The number of carbonyl (C=O) groups is 3. The molecule has 0 spiro atoms. The van der Waals surface area contributed by atoms with E-state index in [9.17, 15) is 14.4 Å². The molecule has 0 unspecified atom stereocenters. The summed E-state index contributed by atoms with van der Waals surface area (Å²) in [6, 6.07) is 5.46. The van der Waals surface area contributed by atoms with Crippen molar-refractivity contribution in [1.82, 2.24) is 10.2 Å². The Labute approximate surface area is 159 Å². The highest BCUT2D eigenvalue weighted by atomic mass is 32.2. The predicted molar refractivity (Wildman–Crippen MR) is 102 cm³/mol. The standard InChI is InChI=1S/C19H16N2O5S/c22-17(21-5-7-25-8-6-21)4-2-13-11-26-15-3-1-12(9-14(13)15)10-16-18(23)20-19(24)27-16/h1-4,9-11H,5-8H2,(H,20,23,24)/b4-2+,16-10-. The maximum absolute atomic E-state index is 12.3. The molecular weight excluding hydrogens is 368 g/mol. The van der Waals surface area contributed by atoms with Crippen molar-refractivity contribution < 1.29 is 23.5 Å². The van der Waals surface area contributed by atoms with Crippen LogP contribution in [0.3, 0.4) is 0 Å². The van der Waals surface area contributed by atoms with E-state index >= 15 is 0 Å². The van der Waals surface area contributed by atoms with Crippen LogP contribution in [0.15, 0.2) is 39.9 Å². The van der Waals surface area contributed by atoms with Gasteiger partial charge in [-0.25, -0.2) is 0 Å². The summed E-state index contributed by atoms with van der Waals surface area (Å²) in [6.07, 6.45) is 6.50. The number of ether oxygens (including phenoxy) is 1. The Balaban J connectivity index is 1.58. The van der Waals surface area contributed by atoms with Gasteiger partial charge in [0.2, 0.25) is 5.91 Å². The fraction of sp³-hybridized carbons (Fsp3) is 0.211. The third kappa shape index (κ3) is 3.81. The zero-order valence-corrected chi connectivity index (χ0v) is 15.1. The van der Waals surface area contributed by atoms with Gasteiger partial charge in [0.1, 0.15) is 5.58 Å². The van der Waals surface area contributed by atoms with Gasteiger partial charge in [-0.05, 0) is 41.6 Å². The quantitative estimate of drug-likeness (QED) is 0.819. The van der Waals surface area contributed by atoms with Crippen LogP contribution in [0.5, 0.6) is 0 Å². The van der Waals surface area contributed by atoms with E-state index in [1.807, 2.05) is 12.1 Å². The molecule has 2 aliphatic rings. The molecule has 1 aromatic heterocycles. The van der Waals surface area contributed by atoms with Gasteiger partial charge in [0.25, 0.3) is 11.1 Å². The van der Waals surface area contributed by atoms with Crippen LogP contribution in [-0.2, 0) is 14.3 Å². The number of hydrogen-bond donors (Lipinski definition) is 1. The topological polar surface area (TPSA) is 88.8 Å². The summed E-state index contributed by atoms with van der Waals surface area (Å²) in [5.74, 6) is -0.461. The normalized spacial score (nSPS) is 19.4. The van der Waals surface area contributed by atoms with Crippen LogP contribution >= 0.6 is 11.8 Å². The molecule has 0 aliphatic carbocycles. The highest BCUT2D eigenvalue weighted by molar-refractivity contribution is 8.18. The second-order valence-corrected chi connectivity index (χ2v) is 7.08. The Bertz CT molecular complexity index is 985. The van der Waals surface area contributed by atoms with Crippen molar-refractivity contribution in [3.05, 3.63) is 46.6 Å². The first-order valence-corrected chi connectivity index (χ1v) is 9.23. The molecule has 2 fully saturated rings. The molecule has 2 saturated heterocycles. The maximum atomic E-state index is 12.3. The van der Waals surface area contributed by atoms with E-state index in [4.69, 9.17) is 9.15 Å². The molecule has 0 bridgehead atoms. The lowest BCUT2D eigenvalue weighted by molar-refractivity contribution is -0.129. The van der Waals surface area contributed by atoms with Crippen molar-refractivity contribution in [2.24, 2.45) is 0 Å². The van der Waals surface area contributed by atoms with Gasteiger partial charge in [-0.1, -0.05) is 6.07 Å². The number of hydrogen-bond acceptors (Lipinski definition) is 6. The van der Waals surface area contributed by atoms with Crippen LogP contribution in [-0.4, -0.2) is 48.3 Å². The predicted octanol–water partition coefficient (Wildman–Crippen LogP) is 2.63. The molecule has 27 heavy (non-hydrogen) atoms.